The molecule has 0 aromatic heterocycles. The van der Waals surface area contributed by atoms with Gasteiger partial charge < -0.3 is 10.2 Å². The lowest BCUT2D eigenvalue weighted by atomic mass is 10.1. The molecule has 0 spiro atoms. The molecule has 0 aromatic carbocycles. The summed E-state index contributed by atoms with van der Waals surface area (Å²) in [7, 11) is 0. The van der Waals surface area contributed by atoms with Gasteiger partial charge in [-0.05, 0) is 38.2 Å². The van der Waals surface area contributed by atoms with Gasteiger partial charge in [-0.2, -0.15) is 0 Å². The van der Waals surface area contributed by atoms with E-state index in [0.29, 0.717) is 12.2 Å². The molecule has 0 saturated heterocycles. The Morgan fingerprint density at radius 1 is 0.857 bits per heavy atom. The number of hydrogen-bond acceptors (Lipinski definition) is 2. The first-order chi connectivity index (χ1) is 10.2. The molecule has 0 amide bonds. The van der Waals surface area contributed by atoms with Crippen LogP contribution in [-0.4, -0.2) is 16.2 Å². The molecule has 0 aromatic rings. The second-order valence-electron chi connectivity index (χ2n) is 5.56. The number of allylic oxidation sites excluding steroid dienone is 4. The first-order valence-corrected chi connectivity index (χ1v) is 8.41. The summed E-state index contributed by atoms with van der Waals surface area (Å²) in [5, 5.41) is 18.1. The molecule has 0 fully saturated rings. The second-order valence-corrected chi connectivity index (χ2v) is 5.56. The van der Waals surface area contributed by atoms with E-state index < -0.39 is 5.97 Å². The average Bonchev–Trinajstić information content (AvgIpc) is 2.44. The minimum absolute atomic E-state index is 0.300. The summed E-state index contributed by atoms with van der Waals surface area (Å²) in [6, 6.07) is 0. The molecular weight excluding hydrogens is 264 g/mol. The van der Waals surface area contributed by atoms with Crippen molar-refractivity contribution in [2.45, 2.75) is 84.0 Å². The van der Waals surface area contributed by atoms with Crippen molar-refractivity contribution in [3.05, 3.63) is 24.0 Å². The van der Waals surface area contributed by atoms with Crippen LogP contribution in [0.5, 0.6) is 0 Å². The van der Waals surface area contributed by atoms with E-state index in [9.17, 15) is 9.90 Å². The Balaban J connectivity index is 3.36. The highest BCUT2D eigenvalue weighted by molar-refractivity contribution is 5.66. The van der Waals surface area contributed by atoms with Gasteiger partial charge in [0.2, 0.25) is 0 Å². The summed E-state index contributed by atoms with van der Waals surface area (Å²) in [4.78, 5) is 10.3. The van der Waals surface area contributed by atoms with Gasteiger partial charge in [0.25, 0.3) is 0 Å². The maximum atomic E-state index is 10.3. The van der Waals surface area contributed by atoms with Crippen LogP contribution in [0.2, 0.25) is 0 Å². The van der Waals surface area contributed by atoms with Gasteiger partial charge in [0.1, 0.15) is 0 Å². The lowest BCUT2D eigenvalue weighted by molar-refractivity contribution is -0.137. The normalized spacial score (nSPS) is 12.1. The van der Waals surface area contributed by atoms with Crippen molar-refractivity contribution in [2.75, 3.05) is 0 Å². The number of aliphatic carboxylic acids is 1. The van der Waals surface area contributed by atoms with E-state index in [4.69, 9.17) is 5.11 Å². The van der Waals surface area contributed by atoms with Crippen LogP contribution in [0.4, 0.5) is 0 Å². The van der Waals surface area contributed by atoms with Crippen LogP contribution < -0.4 is 0 Å². The molecular formula is C18H32O3. The van der Waals surface area contributed by atoms with E-state index in [0.717, 1.165) is 51.4 Å². The monoisotopic (exact) mass is 296 g/mol. The van der Waals surface area contributed by atoms with E-state index in [2.05, 4.69) is 19.1 Å². The van der Waals surface area contributed by atoms with Gasteiger partial charge in [-0.3, -0.25) is 4.79 Å². The topological polar surface area (TPSA) is 57.5 Å². The Morgan fingerprint density at radius 2 is 1.52 bits per heavy atom. The Bertz CT molecular complexity index is 306. The highest BCUT2D eigenvalue weighted by Crippen LogP contribution is 2.09. The number of aliphatic hydroxyl groups excluding tert-OH is 1. The molecule has 0 aliphatic heterocycles. The van der Waals surface area contributed by atoms with Gasteiger partial charge in [-0.15, -0.1) is 0 Å². The van der Waals surface area contributed by atoms with Crippen LogP contribution in [0.1, 0.15) is 84.0 Å². The lowest BCUT2D eigenvalue weighted by Gasteiger charge is -1.99. The number of carboxylic acid groups (broad SMARTS) is 1. The molecule has 0 rings (SSSR count). The standard InChI is InChI=1S/C18H32O3/c1-2-3-11-14-17(19)15-12-9-7-5-4-6-8-10-13-16-18(20)21/h7,9,15,19H,2-6,8,10-14,16H2,1H3,(H,20,21)/b9-7+,17-15-. The largest absolute Gasteiger partial charge is 0.513 e. The Kier molecular flexibility index (Phi) is 14.2. The van der Waals surface area contributed by atoms with Crippen LogP contribution in [0.15, 0.2) is 24.0 Å². The fourth-order valence-electron chi connectivity index (χ4n) is 2.15. The number of aliphatic hydroxyl groups is 1. The van der Waals surface area contributed by atoms with Gasteiger partial charge in [0.05, 0.1) is 5.76 Å². The smallest absolute Gasteiger partial charge is 0.303 e. The third-order valence-electron chi connectivity index (χ3n) is 3.45. The minimum atomic E-state index is -0.691. The van der Waals surface area contributed by atoms with Crippen LogP contribution >= 0.6 is 0 Å². The molecule has 122 valence electrons. The highest BCUT2D eigenvalue weighted by Gasteiger charge is 1.96. The molecule has 0 aliphatic carbocycles. The summed E-state index contributed by atoms with van der Waals surface area (Å²) < 4.78 is 0. The quantitative estimate of drug-likeness (QED) is 0.243. The second kappa shape index (κ2) is 15.1. The molecule has 0 bridgehead atoms. The van der Waals surface area contributed by atoms with Crippen LogP contribution in [-0.2, 0) is 4.79 Å². The van der Waals surface area contributed by atoms with Gasteiger partial charge in [0, 0.05) is 12.8 Å². The summed E-state index contributed by atoms with van der Waals surface area (Å²) in [6.07, 6.45) is 17.9. The number of carbonyl (C=O) groups is 1. The summed E-state index contributed by atoms with van der Waals surface area (Å²) in [5.74, 6) is -0.171. The van der Waals surface area contributed by atoms with Crippen molar-refractivity contribution in [3.63, 3.8) is 0 Å². The first-order valence-electron chi connectivity index (χ1n) is 8.41. The number of hydrogen-bond donors (Lipinski definition) is 2. The molecule has 0 heterocycles. The Labute approximate surface area is 129 Å². The van der Waals surface area contributed by atoms with E-state index in [1.807, 2.05) is 6.08 Å². The first kappa shape index (κ1) is 19.8. The van der Waals surface area contributed by atoms with E-state index in [1.165, 1.54) is 19.3 Å². The number of rotatable bonds is 14. The van der Waals surface area contributed by atoms with Gasteiger partial charge >= 0.3 is 5.97 Å². The molecule has 2 N–H and O–H groups in total. The SMILES string of the molecule is CCCCC/C(O)=C/C/C=C/CCCCCCCC(=O)O. The predicted molar refractivity (Wildman–Crippen MR) is 88.6 cm³/mol. The highest BCUT2D eigenvalue weighted by atomic mass is 16.4. The summed E-state index contributed by atoms with van der Waals surface area (Å²) in [6.45, 7) is 2.16. The van der Waals surface area contributed by atoms with Crippen molar-refractivity contribution in [3.8, 4) is 0 Å². The maximum absolute atomic E-state index is 10.3. The van der Waals surface area contributed by atoms with Crippen molar-refractivity contribution in [2.24, 2.45) is 0 Å². The molecule has 3 nitrogen and oxygen atoms in total. The van der Waals surface area contributed by atoms with E-state index >= 15 is 0 Å². The fraction of sp³-hybridized carbons (Fsp3) is 0.722. The van der Waals surface area contributed by atoms with Crippen molar-refractivity contribution in [1.29, 1.82) is 0 Å². The zero-order valence-corrected chi connectivity index (χ0v) is 13.5. The number of unbranched alkanes of at least 4 members (excludes halogenated alkanes) is 7. The minimum Gasteiger partial charge on any atom is -0.513 e. The van der Waals surface area contributed by atoms with Crippen molar-refractivity contribution < 1.29 is 15.0 Å². The fourth-order valence-corrected chi connectivity index (χ4v) is 2.15. The zero-order valence-electron chi connectivity index (χ0n) is 13.5. The average molecular weight is 296 g/mol. The van der Waals surface area contributed by atoms with E-state index in [1.54, 1.807) is 0 Å². The third-order valence-corrected chi connectivity index (χ3v) is 3.45. The molecule has 0 saturated carbocycles. The molecule has 0 aliphatic rings. The zero-order chi connectivity index (χ0) is 15.8. The van der Waals surface area contributed by atoms with Gasteiger partial charge in [-0.25, -0.2) is 0 Å². The Morgan fingerprint density at radius 3 is 2.24 bits per heavy atom. The maximum Gasteiger partial charge on any atom is 0.303 e. The van der Waals surface area contributed by atoms with Gasteiger partial charge in [-0.1, -0.05) is 51.2 Å². The van der Waals surface area contributed by atoms with Crippen LogP contribution in [0.3, 0.4) is 0 Å². The van der Waals surface area contributed by atoms with Crippen LogP contribution in [0.25, 0.3) is 0 Å². The third kappa shape index (κ3) is 16.7. The Hall–Kier alpha value is -1.25. The van der Waals surface area contributed by atoms with Gasteiger partial charge in [0.15, 0.2) is 0 Å². The van der Waals surface area contributed by atoms with Crippen molar-refractivity contribution >= 4 is 5.97 Å². The van der Waals surface area contributed by atoms with Crippen LogP contribution in [0, 0.1) is 0 Å². The van der Waals surface area contributed by atoms with Crippen molar-refractivity contribution in [1.82, 2.24) is 0 Å². The lowest BCUT2D eigenvalue weighted by Crippen LogP contribution is -1.93. The predicted octanol–water partition coefficient (Wildman–Crippen LogP) is 5.77. The molecule has 3 heteroatoms. The van der Waals surface area contributed by atoms with E-state index in [-0.39, 0.29) is 0 Å². The molecule has 0 unspecified atom stereocenters. The molecule has 0 radical (unpaired) electrons. The molecule has 0 atom stereocenters. The summed E-state index contributed by atoms with van der Waals surface area (Å²) in [5.41, 5.74) is 0. The molecule has 21 heavy (non-hydrogen) atoms. The number of carboxylic acids is 1. The summed E-state index contributed by atoms with van der Waals surface area (Å²) >= 11 is 0.